The van der Waals surface area contributed by atoms with E-state index in [1.165, 1.54) is 12.1 Å². The standard InChI is InChI=1S/C10H12N6O2/c1-16(5-2-3-6(17)7(18)4-5)10-14-8(11)13-9(12)15-10/h2-4,17-18H,1H3,(H4,11,12,13,14,15). The largest absolute Gasteiger partial charge is 0.504 e. The molecule has 0 spiro atoms. The molecule has 18 heavy (non-hydrogen) atoms. The molecule has 0 unspecified atom stereocenters. The zero-order valence-electron chi connectivity index (χ0n) is 9.57. The van der Waals surface area contributed by atoms with Gasteiger partial charge in [-0.2, -0.15) is 15.0 Å². The van der Waals surface area contributed by atoms with E-state index >= 15 is 0 Å². The monoisotopic (exact) mass is 248 g/mol. The van der Waals surface area contributed by atoms with Crippen molar-refractivity contribution in [3.8, 4) is 11.5 Å². The SMILES string of the molecule is CN(c1ccc(O)c(O)c1)c1nc(N)nc(N)n1. The van der Waals surface area contributed by atoms with Crippen molar-refractivity contribution in [2.75, 3.05) is 23.4 Å². The van der Waals surface area contributed by atoms with Crippen LogP contribution in [0.5, 0.6) is 11.5 Å². The van der Waals surface area contributed by atoms with Gasteiger partial charge in [0.2, 0.25) is 17.8 Å². The summed E-state index contributed by atoms with van der Waals surface area (Å²) in [7, 11) is 1.67. The molecular weight excluding hydrogens is 236 g/mol. The Hall–Kier alpha value is -2.77. The van der Waals surface area contributed by atoms with Crippen molar-refractivity contribution in [3.63, 3.8) is 0 Å². The summed E-state index contributed by atoms with van der Waals surface area (Å²) in [6, 6.07) is 4.31. The van der Waals surface area contributed by atoms with Crippen molar-refractivity contribution in [1.82, 2.24) is 15.0 Å². The van der Waals surface area contributed by atoms with Gasteiger partial charge < -0.3 is 26.6 Å². The normalized spacial score (nSPS) is 10.3. The number of hydrogen-bond donors (Lipinski definition) is 4. The molecule has 0 atom stereocenters. The lowest BCUT2D eigenvalue weighted by atomic mass is 10.2. The van der Waals surface area contributed by atoms with Gasteiger partial charge in [0.05, 0.1) is 0 Å². The van der Waals surface area contributed by atoms with Crippen LogP contribution in [0.25, 0.3) is 0 Å². The summed E-state index contributed by atoms with van der Waals surface area (Å²) in [6.45, 7) is 0. The minimum atomic E-state index is -0.241. The molecule has 2 rings (SSSR count). The molecule has 0 aliphatic heterocycles. The molecule has 1 heterocycles. The van der Waals surface area contributed by atoms with Crippen LogP contribution in [0.3, 0.4) is 0 Å². The third kappa shape index (κ3) is 2.17. The smallest absolute Gasteiger partial charge is 0.236 e. The molecule has 6 N–H and O–H groups in total. The molecular formula is C10H12N6O2. The molecule has 0 amide bonds. The molecule has 0 aliphatic carbocycles. The molecule has 1 aromatic heterocycles. The third-order valence-electron chi connectivity index (χ3n) is 2.30. The van der Waals surface area contributed by atoms with Crippen molar-refractivity contribution < 1.29 is 10.2 Å². The van der Waals surface area contributed by atoms with Crippen LogP contribution < -0.4 is 16.4 Å². The summed E-state index contributed by atoms with van der Waals surface area (Å²) >= 11 is 0. The minimum Gasteiger partial charge on any atom is -0.504 e. The van der Waals surface area contributed by atoms with Gasteiger partial charge in [0.25, 0.3) is 0 Å². The number of phenolic OH excluding ortho intramolecular Hbond substituents is 2. The van der Waals surface area contributed by atoms with Gasteiger partial charge >= 0.3 is 0 Å². The lowest BCUT2D eigenvalue weighted by Gasteiger charge is -2.17. The van der Waals surface area contributed by atoms with E-state index in [-0.39, 0.29) is 29.3 Å². The van der Waals surface area contributed by atoms with E-state index in [1.807, 2.05) is 0 Å². The molecule has 0 radical (unpaired) electrons. The fraction of sp³-hybridized carbons (Fsp3) is 0.100. The fourth-order valence-electron chi connectivity index (χ4n) is 1.38. The third-order valence-corrected chi connectivity index (χ3v) is 2.30. The Balaban J connectivity index is 2.40. The number of hydrogen-bond acceptors (Lipinski definition) is 8. The molecule has 0 saturated heterocycles. The van der Waals surface area contributed by atoms with Gasteiger partial charge in [-0.25, -0.2) is 0 Å². The van der Waals surface area contributed by atoms with Crippen molar-refractivity contribution in [1.29, 1.82) is 0 Å². The first-order chi connectivity index (χ1) is 8.47. The first-order valence-electron chi connectivity index (χ1n) is 5.00. The Morgan fingerprint density at radius 2 is 1.61 bits per heavy atom. The molecule has 8 heteroatoms. The van der Waals surface area contributed by atoms with E-state index in [9.17, 15) is 10.2 Å². The Morgan fingerprint density at radius 3 is 2.17 bits per heavy atom. The first kappa shape index (κ1) is 11.7. The van der Waals surface area contributed by atoms with Crippen LogP contribution in [0.4, 0.5) is 23.5 Å². The van der Waals surface area contributed by atoms with E-state index in [4.69, 9.17) is 11.5 Å². The Bertz CT molecular complexity index is 568. The number of nitrogen functional groups attached to an aromatic ring is 2. The maximum Gasteiger partial charge on any atom is 0.236 e. The number of nitrogens with zero attached hydrogens (tertiary/aromatic N) is 4. The highest BCUT2D eigenvalue weighted by molar-refractivity contribution is 5.62. The van der Waals surface area contributed by atoms with E-state index < -0.39 is 0 Å². The highest BCUT2D eigenvalue weighted by Gasteiger charge is 2.11. The molecule has 94 valence electrons. The summed E-state index contributed by atoms with van der Waals surface area (Å²) in [4.78, 5) is 13.0. The predicted molar refractivity (Wildman–Crippen MR) is 66.5 cm³/mol. The van der Waals surface area contributed by atoms with Crippen LogP contribution in [0, 0.1) is 0 Å². The second kappa shape index (κ2) is 4.24. The number of aromatic hydroxyl groups is 2. The second-order valence-corrected chi connectivity index (χ2v) is 3.58. The van der Waals surface area contributed by atoms with Crippen molar-refractivity contribution in [3.05, 3.63) is 18.2 Å². The maximum absolute atomic E-state index is 9.43. The summed E-state index contributed by atoms with van der Waals surface area (Å²) in [5, 5.41) is 18.7. The molecule has 0 bridgehead atoms. The number of phenols is 2. The quantitative estimate of drug-likeness (QED) is 0.554. The van der Waals surface area contributed by atoms with Gasteiger partial charge in [-0.15, -0.1) is 0 Å². The van der Waals surface area contributed by atoms with Gasteiger partial charge in [0.15, 0.2) is 11.5 Å². The van der Waals surface area contributed by atoms with Crippen molar-refractivity contribution in [2.24, 2.45) is 0 Å². The predicted octanol–water partition coefficient (Wildman–Crippen LogP) is 0.215. The van der Waals surface area contributed by atoms with Gasteiger partial charge in [0, 0.05) is 18.8 Å². The number of benzene rings is 1. The van der Waals surface area contributed by atoms with Crippen LogP contribution >= 0.6 is 0 Å². The van der Waals surface area contributed by atoms with Gasteiger partial charge in [-0.05, 0) is 12.1 Å². The summed E-state index contributed by atoms with van der Waals surface area (Å²) < 4.78 is 0. The Kier molecular flexibility index (Phi) is 2.76. The zero-order chi connectivity index (χ0) is 13.3. The summed E-state index contributed by atoms with van der Waals surface area (Å²) in [6.07, 6.45) is 0. The molecule has 0 saturated carbocycles. The molecule has 0 fully saturated rings. The average molecular weight is 248 g/mol. The fourth-order valence-corrected chi connectivity index (χ4v) is 1.38. The topological polar surface area (TPSA) is 134 Å². The molecule has 2 aromatic rings. The first-order valence-corrected chi connectivity index (χ1v) is 5.00. The minimum absolute atomic E-state index is 0.00681. The average Bonchev–Trinajstić information content (AvgIpc) is 2.30. The lowest BCUT2D eigenvalue weighted by molar-refractivity contribution is 0.404. The molecule has 1 aromatic carbocycles. The highest BCUT2D eigenvalue weighted by atomic mass is 16.3. The number of aromatic nitrogens is 3. The van der Waals surface area contributed by atoms with Gasteiger partial charge in [0.1, 0.15) is 0 Å². The number of nitrogens with two attached hydrogens (primary N) is 2. The second-order valence-electron chi connectivity index (χ2n) is 3.58. The van der Waals surface area contributed by atoms with E-state index in [1.54, 1.807) is 18.0 Å². The Morgan fingerprint density at radius 1 is 1.00 bits per heavy atom. The highest BCUT2D eigenvalue weighted by Crippen LogP contribution is 2.31. The maximum atomic E-state index is 9.43. The van der Waals surface area contributed by atoms with Crippen LogP contribution in [-0.4, -0.2) is 32.2 Å². The van der Waals surface area contributed by atoms with Crippen LogP contribution in [0.1, 0.15) is 0 Å². The van der Waals surface area contributed by atoms with Crippen LogP contribution in [-0.2, 0) is 0 Å². The van der Waals surface area contributed by atoms with Crippen LogP contribution in [0.2, 0.25) is 0 Å². The molecule has 0 aliphatic rings. The van der Waals surface area contributed by atoms with Gasteiger partial charge in [-0.1, -0.05) is 0 Å². The zero-order valence-corrected chi connectivity index (χ0v) is 9.57. The van der Waals surface area contributed by atoms with Gasteiger partial charge in [-0.3, -0.25) is 0 Å². The summed E-state index contributed by atoms with van der Waals surface area (Å²) in [5.74, 6) is -0.194. The molecule has 8 nitrogen and oxygen atoms in total. The van der Waals surface area contributed by atoms with E-state index in [2.05, 4.69) is 15.0 Å². The van der Waals surface area contributed by atoms with E-state index in [0.717, 1.165) is 0 Å². The number of rotatable bonds is 2. The van der Waals surface area contributed by atoms with Crippen molar-refractivity contribution >= 4 is 23.5 Å². The lowest BCUT2D eigenvalue weighted by Crippen LogP contribution is -2.15. The Labute approximate surface area is 103 Å². The summed E-state index contributed by atoms with van der Waals surface area (Å²) in [5.41, 5.74) is 11.5. The van der Waals surface area contributed by atoms with E-state index in [0.29, 0.717) is 5.69 Å². The van der Waals surface area contributed by atoms with Crippen molar-refractivity contribution in [2.45, 2.75) is 0 Å². The number of anilines is 4. The van der Waals surface area contributed by atoms with Crippen LogP contribution in [0.15, 0.2) is 18.2 Å².